The van der Waals surface area contributed by atoms with Crippen LogP contribution in [-0.4, -0.2) is 30.0 Å². The first-order valence-corrected chi connectivity index (χ1v) is 5.93. The molecule has 4 nitrogen and oxygen atoms in total. The zero-order valence-electron chi connectivity index (χ0n) is 11.2. The second-order valence-electron chi connectivity index (χ2n) is 3.99. The quantitative estimate of drug-likeness (QED) is 0.764. The van der Waals surface area contributed by atoms with Crippen molar-refractivity contribution in [2.75, 3.05) is 20.3 Å². The van der Waals surface area contributed by atoms with Crippen molar-refractivity contribution >= 4 is 12.4 Å². The number of aryl methyl sites for hydroxylation is 2. The standard InChI is InChI=1S/C12H23N3O.ClH/c1-5-15-11(3)12(10(2)14-15)9-13-7-6-8-16-4;/h13H,5-9H2,1-4H3;1H. The van der Waals surface area contributed by atoms with Crippen LogP contribution in [0.5, 0.6) is 0 Å². The summed E-state index contributed by atoms with van der Waals surface area (Å²) in [6.45, 7) is 9.98. The van der Waals surface area contributed by atoms with Crippen LogP contribution in [0.2, 0.25) is 0 Å². The molecule has 0 radical (unpaired) electrons. The normalized spacial score (nSPS) is 10.4. The molecule has 0 aliphatic heterocycles. The van der Waals surface area contributed by atoms with Crippen molar-refractivity contribution in [1.82, 2.24) is 15.1 Å². The third kappa shape index (κ3) is 4.66. The van der Waals surface area contributed by atoms with Gasteiger partial charge in [-0.25, -0.2) is 0 Å². The third-order valence-corrected chi connectivity index (χ3v) is 2.83. The van der Waals surface area contributed by atoms with Crippen LogP contribution in [0.15, 0.2) is 0 Å². The van der Waals surface area contributed by atoms with E-state index in [1.807, 2.05) is 0 Å². The molecule has 0 unspecified atom stereocenters. The molecule has 1 heterocycles. The van der Waals surface area contributed by atoms with Crippen LogP contribution in [0.1, 0.15) is 30.3 Å². The van der Waals surface area contributed by atoms with Gasteiger partial charge in [0.05, 0.1) is 5.69 Å². The van der Waals surface area contributed by atoms with Gasteiger partial charge in [-0.3, -0.25) is 4.68 Å². The largest absolute Gasteiger partial charge is 0.385 e. The van der Waals surface area contributed by atoms with Crippen LogP contribution in [0.3, 0.4) is 0 Å². The Labute approximate surface area is 110 Å². The smallest absolute Gasteiger partial charge is 0.0641 e. The molecule has 1 rings (SSSR count). The van der Waals surface area contributed by atoms with E-state index in [1.54, 1.807) is 7.11 Å². The number of methoxy groups -OCH3 is 1. The maximum Gasteiger partial charge on any atom is 0.0641 e. The molecule has 0 saturated carbocycles. The van der Waals surface area contributed by atoms with Gasteiger partial charge in [0.2, 0.25) is 0 Å². The van der Waals surface area contributed by atoms with Gasteiger partial charge in [-0.2, -0.15) is 5.10 Å². The van der Waals surface area contributed by atoms with E-state index in [0.29, 0.717) is 0 Å². The predicted molar refractivity (Wildman–Crippen MR) is 72.8 cm³/mol. The lowest BCUT2D eigenvalue weighted by Crippen LogP contribution is -2.17. The van der Waals surface area contributed by atoms with E-state index in [1.165, 1.54) is 11.3 Å². The first-order valence-electron chi connectivity index (χ1n) is 5.93. The topological polar surface area (TPSA) is 39.1 Å². The summed E-state index contributed by atoms with van der Waals surface area (Å²) in [4.78, 5) is 0. The monoisotopic (exact) mass is 261 g/mol. The molecule has 0 aliphatic carbocycles. The predicted octanol–water partition coefficient (Wildman–Crippen LogP) is 2.07. The number of halogens is 1. The SMILES string of the molecule is CCn1nc(C)c(CNCCCOC)c1C.Cl. The van der Waals surface area contributed by atoms with Crippen molar-refractivity contribution in [3.8, 4) is 0 Å². The molecule has 1 aromatic rings. The minimum Gasteiger partial charge on any atom is -0.385 e. The molecule has 17 heavy (non-hydrogen) atoms. The van der Waals surface area contributed by atoms with Crippen molar-refractivity contribution < 1.29 is 4.74 Å². The van der Waals surface area contributed by atoms with Crippen LogP contribution in [-0.2, 0) is 17.8 Å². The van der Waals surface area contributed by atoms with Gasteiger partial charge < -0.3 is 10.1 Å². The number of hydrogen-bond donors (Lipinski definition) is 1. The van der Waals surface area contributed by atoms with Crippen LogP contribution in [0.4, 0.5) is 0 Å². The van der Waals surface area contributed by atoms with Gasteiger partial charge in [0, 0.05) is 38.1 Å². The highest BCUT2D eigenvalue weighted by molar-refractivity contribution is 5.85. The fourth-order valence-electron chi connectivity index (χ4n) is 1.85. The third-order valence-electron chi connectivity index (χ3n) is 2.83. The highest BCUT2D eigenvalue weighted by Gasteiger charge is 2.09. The summed E-state index contributed by atoms with van der Waals surface area (Å²) >= 11 is 0. The highest BCUT2D eigenvalue weighted by atomic mass is 35.5. The van der Waals surface area contributed by atoms with Crippen LogP contribution < -0.4 is 5.32 Å². The van der Waals surface area contributed by atoms with E-state index >= 15 is 0 Å². The van der Waals surface area contributed by atoms with Gasteiger partial charge in [-0.05, 0) is 33.7 Å². The minimum atomic E-state index is 0. The van der Waals surface area contributed by atoms with Gasteiger partial charge in [0.1, 0.15) is 0 Å². The Balaban J connectivity index is 0.00000256. The molecule has 0 saturated heterocycles. The number of ether oxygens (including phenoxy) is 1. The van der Waals surface area contributed by atoms with Crippen molar-refractivity contribution in [2.45, 2.75) is 40.3 Å². The Morgan fingerprint density at radius 2 is 2.06 bits per heavy atom. The molecule has 0 aliphatic rings. The Morgan fingerprint density at radius 1 is 1.35 bits per heavy atom. The summed E-state index contributed by atoms with van der Waals surface area (Å²) < 4.78 is 7.06. The molecular formula is C12H24ClN3O. The molecule has 1 N–H and O–H groups in total. The van der Waals surface area contributed by atoms with Crippen molar-refractivity contribution in [3.05, 3.63) is 17.0 Å². The highest BCUT2D eigenvalue weighted by Crippen LogP contribution is 2.12. The average Bonchev–Trinajstić information content (AvgIpc) is 2.55. The van der Waals surface area contributed by atoms with E-state index in [9.17, 15) is 0 Å². The molecule has 0 bridgehead atoms. The molecule has 0 spiro atoms. The van der Waals surface area contributed by atoms with Gasteiger partial charge in [-0.15, -0.1) is 12.4 Å². The zero-order valence-corrected chi connectivity index (χ0v) is 12.1. The van der Waals surface area contributed by atoms with E-state index in [-0.39, 0.29) is 12.4 Å². The first-order chi connectivity index (χ1) is 7.70. The molecule has 5 heteroatoms. The Bertz CT molecular complexity index is 326. The first kappa shape index (κ1) is 16.4. The van der Waals surface area contributed by atoms with Crippen molar-refractivity contribution in [3.63, 3.8) is 0 Å². The van der Waals surface area contributed by atoms with Crippen LogP contribution in [0, 0.1) is 13.8 Å². The summed E-state index contributed by atoms with van der Waals surface area (Å²) in [6.07, 6.45) is 1.05. The lowest BCUT2D eigenvalue weighted by Gasteiger charge is -2.05. The molecule has 0 atom stereocenters. The number of nitrogens with one attached hydrogen (secondary N) is 1. The summed E-state index contributed by atoms with van der Waals surface area (Å²) in [5.41, 5.74) is 3.75. The van der Waals surface area contributed by atoms with Crippen LogP contribution >= 0.6 is 12.4 Å². The van der Waals surface area contributed by atoms with Gasteiger partial charge in [-0.1, -0.05) is 0 Å². The zero-order chi connectivity index (χ0) is 12.0. The van der Waals surface area contributed by atoms with Crippen molar-refractivity contribution in [2.24, 2.45) is 0 Å². The van der Waals surface area contributed by atoms with E-state index in [2.05, 4.69) is 35.9 Å². The Hall–Kier alpha value is -0.580. The van der Waals surface area contributed by atoms with Gasteiger partial charge >= 0.3 is 0 Å². The summed E-state index contributed by atoms with van der Waals surface area (Å²) in [5.74, 6) is 0. The Morgan fingerprint density at radius 3 is 2.59 bits per heavy atom. The lowest BCUT2D eigenvalue weighted by molar-refractivity contribution is 0.194. The summed E-state index contributed by atoms with van der Waals surface area (Å²) in [6, 6.07) is 0. The molecule has 0 fully saturated rings. The molecular weight excluding hydrogens is 238 g/mol. The van der Waals surface area contributed by atoms with Gasteiger partial charge in [0.15, 0.2) is 0 Å². The van der Waals surface area contributed by atoms with Crippen LogP contribution in [0.25, 0.3) is 0 Å². The number of hydrogen-bond acceptors (Lipinski definition) is 3. The van der Waals surface area contributed by atoms with E-state index < -0.39 is 0 Å². The lowest BCUT2D eigenvalue weighted by atomic mass is 10.2. The number of rotatable bonds is 7. The van der Waals surface area contributed by atoms with E-state index in [4.69, 9.17) is 4.74 Å². The van der Waals surface area contributed by atoms with E-state index in [0.717, 1.165) is 38.4 Å². The minimum absolute atomic E-state index is 0. The molecule has 1 aromatic heterocycles. The molecule has 100 valence electrons. The number of aromatic nitrogens is 2. The molecule has 0 amide bonds. The van der Waals surface area contributed by atoms with Gasteiger partial charge in [0.25, 0.3) is 0 Å². The maximum atomic E-state index is 5.01. The fourth-order valence-corrected chi connectivity index (χ4v) is 1.85. The maximum absolute atomic E-state index is 5.01. The fraction of sp³-hybridized carbons (Fsp3) is 0.750. The number of nitrogens with zero attached hydrogens (tertiary/aromatic N) is 2. The summed E-state index contributed by atoms with van der Waals surface area (Å²) in [7, 11) is 1.74. The average molecular weight is 262 g/mol. The summed E-state index contributed by atoms with van der Waals surface area (Å²) in [5, 5.41) is 7.92. The molecule has 0 aromatic carbocycles. The second kappa shape index (κ2) is 8.50. The second-order valence-corrected chi connectivity index (χ2v) is 3.99. The Kier molecular flexibility index (Phi) is 8.21. The van der Waals surface area contributed by atoms with Crippen molar-refractivity contribution in [1.29, 1.82) is 0 Å².